The molecule has 18 heavy (non-hydrogen) atoms. The average Bonchev–Trinajstić information content (AvgIpc) is 2.37. The maximum Gasteiger partial charge on any atom is 0.0499 e. The Labute approximate surface area is 123 Å². The molecule has 1 fully saturated rings. The van der Waals surface area contributed by atoms with Crippen LogP contribution in [0.15, 0.2) is 16.6 Å². The molecule has 0 spiro atoms. The number of anilines is 1. The van der Waals surface area contributed by atoms with E-state index < -0.39 is 0 Å². The largest absolute Gasteiger partial charge is 0.384 e. The van der Waals surface area contributed by atoms with Gasteiger partial charge in [0.1, 0.15) is 0 Å². The Morgan fingerprint density at radius 3 is 2.72 bits per heavy atom. The quantitative estimate of drug-likeness (QED) is 0.736. The topological polar surface area (TPSA) is 12.0 Å². The van der Waals surface area contributed by atoms with Gasteiger partial charge in [0.05, 0.1) is 0 Å². The van der Waals surface area contributed by atoms with E-state index in [9.17, 15) is 0 Å². The minimum absolute atomic E-state index is 0.832. The molecule has 1 saturated carbocycles. The molecule has 1 N–H and O–H groups in total. The highest BCUT2D eigenvalue weighted by Gasteiger charge is 2.13. The minimum Gasteiger partial charge on any atom is -0.384 e. The van der Waals surface area contributed by atoms with Gasteiger partial charge in [0, 0.05) is 21.7 Å². The van der Waals surface area contributed by atoms with E-state index in [-0.39, 0.29) is 0 Å². The van der Waals surface area contributed by atoms with Gasteiger partial charge in [-0.25, -0.2) is 0 Å². The van der Waals surface area contributed by atoms with Crippen LogP contribution in [-0.2, 0) is 0 Å². The molecule has 0 bridgehead atoms. The van der Waals surface area contributed by atoms with E-state index in [2.05, 4.69) is 27.3 Å². The monoisotopic (exact) mass is 329 g/mol. The number of rotatable bonds is 4. The predicted molar refractivity (Wildman–Crippen MR) is 83.6 cm³/mol. The minimum atomic E-state index is 0.832. The van der Waals surface area contributed by atoms with E-state index >= 15 is 0 Å². The van der Waals surface area contributed by atoms with Gasteiger partial charge in [-0.2, -0.15) is 0 Å². The van der Waals surface area contributed by atoms with E-state index in [0.29, 0.717) is 0 Å². The summed E-state index contributed by atoms with van der Waals surface area (Å²) in [7, 11) is 0. The number of halogens is 2. The van der Waals surface area contributed by atoms with Crippen LogP contribution in [0.25, 0.3) is 0 Å². The van der Waals surface area contributed by atoms with Gasteiger partial charge in [-0.05, 0) is 52.9 Å². The van der Waals surface area contributed by atoms with E-state index in [1.807, 2.05) is 13.0 Å². The SMILES string of the molecule is Cc1cc(Br)c(NCCC2CCCCC2)cc1Cl. The van der Waals surface area contributed by atoms with E-state index in [0.717, 1.165) is 33.2 Å². The molecular formula is C15H21BrClN. The van der Waals surface area contributed by atoms with Gasteiger partial charge in [-0.3, -0.25) is 0 Å². The molecule has 1 aliphatic carbocycles. The van der Waals surface area contributed by atoms with Gasteiger partial charge in [-0.1, -0.05) is 43.7 Å². The zero-order chi connectivity index (χ0) is 13.0. The fraction of sp³-hybridized carbons (Fsp3) is 0.600. The number of aryl methyl sites for hydroxylation is 1. The standard InChI is InChI=1S/C15H21BrClN/c1-11-9-13(16)15(10-14(11)17)18-8-7-12-5-3-2-4-6-12/h9-10,12,18H,2-8H2,1H3. The number of hydrogen-bond acceptors (Lipinski definition) is 1. The Bertz CT molecular complexity index is 400. The lowest BCUT2D eigenvalue weighted by Gasteiger charge is -2.22. The molecule has 0 saturated heterocycles. The molecule has 1 nitrogen and oxygen atoms in total. The van der Waals surface area contributed by atoms with E-state index in [4.69, 9.17) is 11.6 Å². The van der Waals surface area contributed by atoms with Gasteiger partial charge < -0.3 is 5.32 Å². The van der Waals surface area contributed by atoms with E-state index in [1.165, 1.54) is 38.5 Å². The second kappa shape index (κ2) is 6.81. The fourth-order valence-electron chi connectivity index (χ4n) is 2.67. The van der Waals surface area contributed by atoms with Gasteiger partial charge in [-0.15, -0.1) is 0 Å². The summed E-state index contributed by atoms with van der Waals surface area (Å²) >= 11 is 9.74. The second-order valence-electron chi connectivity index (χ2n) is 5.30. The van der Waals surface area contributed by atoms with Crippen LogP contribution in [-0.4, -0.2) is 6.54 Å². The summed E-state index contributed by atoms with van der Waals surface area (Å²) in [6.45, 7) is 3.07. The lowest BCUT2D eigenvalue weighted by molar-refractivity contribution is 0.345. The molecular weight excluding hydrogens is 310 g/mol. The molecule has 2 rings (SSSR count). The summed E-state index contributed by atoms with van der Waals surface area (Å²) < 4.78 is 1.10. The first-order valence-corrected chi connectivity index (χ1v) is 8.03. The maximum atomic E-state index is 6.15. The van der Waals surface area contributed by atoms with Crippen molar-refractivity contribution in [2.75, 3.05) is 11.9 Å². The van der Waals surface area contributed by atoms with Crippen LogP contribution in [0.5, 0.6) is 0 Å². The second-order valence-corrected chi connectivity index (χ2v) is 6.56. The number of nitrogens with one attached hydrogen (secondary N) is 1. The first-order chi connectivity index (χ1) is 8.66. The van der Waals surface area contributed by atoms with Crippen LogP contribution in [0.1, 0.15) is 44.1 Å². The molecule has 100 valence electrons. The van der Waals surface area contributed by atoms with Crippen molar-refractivity contribution < 1.29 is 0 Å². The normalized spacial score (nSPS) is 16.8. The summed E-state index contributed by atoms with van der Waals surface area (Å²) in [4.78, 5) is 0. The van der Waals surface area contributed by atoms with Gasteiger partial charge in [0.25, 0.3) is 0 Å². The fourth-order valence-corrected chi connectivity index (χ4v) is 3.43. The van der Waals surface area contributed by atoms with Crippen molar-refractivity contribution in [3.8, 4) is 0 Å². The van der Waals surface area contributed by atoms with Gasteiger partial charge in [0.15, 0.2) is 0 Å². The smallest absolute Gasteiger partial charge is 0.0499 e. The lowest BCUT2D eigenvalue weighted by Crippen LogP contribution is -2.12. The van der Waals surface area contributed by atoms with Crippen molar-refractivity contribution in [1.82, 2.24) is 0 Å². The van der Waals surface area contributed by atoms with Crippen LogP contribution >= 0.6 is 27.5 Å². The first kappa shape index (κ1) is 14.2. The summed E-state index contributed by atoms with van der Waals surface area (Å²) in [5, 5.41) is 4.33. The third-order valence-electron chi connectivity index (χ3n) is 3.84. The number of hydrogen-bond donors (Lipinski definition) is 1. The van der Waals surface area contributed by atoms with Crippen LogP contribution in [0, 0.1) is 12.8 Å². The molecule has 0 unspecified atom stereocenters. The molecule has 3 heteroatoms. The summed E-state index contributed by atoms with van der Waals surface area (Å²) in [5.74, 6) is 0.922. The van der Waals surface area contributed by atoms with Gasteiger partial charge >= 0.3 is 0 Å². The molecule has 0 aliphatic heterocycles. The van der Waals surface area contributed by atoms with Crippen molar-refractivity contribution in [2.24, 2.45) is 5.92 Å². The highest BCUT2D eigenvalue weighted by atomic mass is 79.9. The summed E-state index contributed by atoms with van der Waals surface area (Å²) in [5.41, 5.74) is 2.22. The zero-order valence-electron chi connectivity index (χ0n) is 10.9. The molecule has 0 heterocycles. The lowest BCUT2D eigenvalue weighted by atomic mass is 9.87. The van der Waals surface area contributed by atoms with Crippen molar-refractivity contribution in [3.63, 3.8) is 0 Å². The molecule has 0 atom stereocenters. The zero-order valence-corrected chi connectivity index (χ0v) is 13.3. The third-order valence-corrected chi connectivity index (χ3v) is 4.90. The van der Waals surface area contributed by atoms with Crippen molar-refractivity contribution in [2.45, 2.75) is 45.4 Å². The molecule has 1 aromatic rings. The molecule has 0 radical (unpaired) electrons. The van der Waals surface area contributed by atoms with Crippen LogP contribution < -0.4 is 5.32 Å². The Balaban J connectivity index is 1.84. The van der Waals surface area contributed by atoms with Gasteiger partial charge in [0.2, 0.25) is 0 Å². The van der Waals surface area contributed by atoms with Crippen molar-refractivity contribution in [3.05, 3.63) is 27.2 Å². The van der Waals surface area contributed by atoms with Crippen molar-refractivity contribution in [1.29, 1.82) is 0 Å². The molecule has 1 aromatic carbocycles. The Morgan fingerprint density at radius 2 is 2.00 bits per heavy atom. The third kappa shape index (κ3) is 3.89. The summed E-state index contributed by atoms with van der Waals surface area (Å²) in [6, 6.07) is 4.09. The number of benzene rings is 1. The van der Waals surface area contributed by atoms with Crippen LogP contribution in [0.4, 0.5) is 5.69 Å². The molecule has 1 aliphatic rings. The van der Waals surface area contributed by atoms with Crippen molar-refractivity contribution >= 4 is 33.2 Å². The Morgan fingerprint density at radius 1 is 1.28 bits per heavy atom. The highest BCUT2D eigenvalue weighted by molar-refractivity contribution is 9.10. The summed E-state index contributed by atoms with van der Waals surface area (Å²) in [6.07, 6.45) is 8.38. The first-order valence-electron chi connectivity index (χ1n) is 6.86. The Hall–Kier alpha value is -0.210. The highest BCUT2D eigenvalue weighted by Crippen LogP contribution is 2.30. The van der Waals surface area contributed by atoms with Crippen LogP contribution in [0.2, 0.25) is 5.02 Å². The molecule has 0 aromatic heterocycles. The maximum absolute atomic E-state index is 6.15. The average molecular weight is 331 g/mol. The van der Waals surface area contributed by atoms with Crippen LogP contribution in [0.3, 0.4) is 0 Å². The predicted octanol–water partition coefficient (Wildman–Crippen LogP) is 5.79. The molecule has 0 amide bonds. The Kier molecular flexibility index (Phi) is 5.38. The van der Waals surface area contributed by atoms with E-state index in [1.54, 1.807) is 0 Å².